The summed E-state index contributed by atoms with van der Waals surface area (Å²) in [4.78, 5) is 0. The van der Waals surface area contributed by atoms with Crippen molar-refractivity contribution in [3.05, 3.63) is 12.7 Å². The molecule has 0 spiro atoms. The largest absolute Gasteiger partial charge is 0.376 e. The first-order valence-electron chi connectivity index (χ1n) is 3.47. The molecule has 0 bridgehead atoms. The van der Waals surface area contributed by atoms with Crippen LogP contribution in [-0.4, -0.2) is 30.6 Å². The molecule has 1 aliphatic heterocycles. The van der Waals surface area contributed by atoms with Gasteiger partial charge in [-0.1, -0.05) is 6.08 Å². The molecular formula is C7H13NO2. The maximum atomic E-state index is 8.93. The molecule has 1 fully saturated rings. The second-order valence-electron chi connectivity index (χ2n) is 2.40. The Bertz CT molecular complexity index is 108. The molecule has 1 saturated heterocycles. The van der Waals surface area contributed by atoms with E-state index < -0.39 is 6.23 Å². The van der Waals surface area contributed by atoms with Gasteiger partial charge in [-0.2, -0.15) is 0 Å². The van der Waals surface area contributed by atoms with Gasteiger partial charge in [0.05, 0.1) is 12.7 Å². The molecule has 0 aromatic heterocycles. The van der Waals surface area contributed by atoms with Gasteiger partial charge in [0.15, 0.2) is 0 Å². The Morgan fingerprint density at radius 2 is 2.60 bits per heavy atom. The number of nitrogens with one attached hydrogen (secondary N) is 1. The van der Waals surface area contributed by atoms with Crippen molar-refractivity contribution in [2.45, 2.75) is 18.8 Å². The maximum absolute atomic E-state index is 8.93. The highest BCUT2D eigenvalue weighted by atomic mass is 16.5. The molecular weight excluding hydrogens is 130 g/mol. The van der Waals surface area contributed by atoms with E-state index in [2.05, 4.69) is 11.9 Å². The van der Waals surface area contributed by atoms with Crippen LogP contribution < -0.4 is 5.32 Å². The van der Waals surface area contributed by atoms with E-state index >= 15 is 0 Å². The van der Waals surface area contributed by atoms with Crippen LogP contribution in [0.1, 0.15) is 6.42 Å². The van der Waals surface area contributed by atoms with Crippen LogP contribution in [0.4, 0.5) is 0 Å². The third-order valence-corrected chi connectivity index (χ3v) is 1.50. The zero-order valence-electron chi connectivity index (χ0n) is 5.92. The van der Waals surface area contributed by atoms with Gasteiger partial charge in [-0.3, -0.25) is 5.32 Å². The van der Waals surface area contributed by atoms with E-state index in [-0.39, 0.29) is 6.10 Å². The summed E-state index contributed by atoms with van der Waals surface area (Å²) >= 11 is 0. The van der Waals surface area contributed by atoms with Gasteiger partial charge in [-0.05, 0) is 6.42 Å². The maximum Gasteiger partial charge on any atom is 0.128 e. The van der Waals surface area contributed by atoms with Gasteiger partial charge in [0, 0.05) is 6.54 Å². The highest BCUT2D eigenvalue weighted by Gasteiger charge is 2.16. The van der Waals surface area contributed by atoms with Gasteiger partial charge in [0.1, 0.15) is 6.23 Å². The first kappa shape index (κ1) is 7.72. The quantitative estimate of drug-likeness (QED) is 0.529. The Morgan fingerprint density at radius 3 is 3.10 bits per heavy atom. The third kappa shape index (κ3) is 2.10. The van der Waals surface area contributed by atoms with Gasteiger partial charge < -0.3 is 9.84 Å². The Hall–Kier alpha value is -0.380. The Kier molecular flexibility index (Phi) is 2.86. The standard InChI is InChI=1S/C7H13NO2/c1-2-3-6-4-8-7(9)5-10-6/h2,6-9H,1,3-5H2. The monoisotopic (exact) mass is 143 g/mol. The molecule has 2 N–H and O–H groups in total. The molecule has 1 rings (SSSR count). The molecule has 2 unspecified atom stereocenters. The van der Waals surface area contributed by atoms with Crippen LogP contribution in [0, 0.1) is 0 Å². The molecule has 3 heteroatoms. The van der Waals surface area contributed by atoms with Crippen molar-refractivity contribution >= 4 is 0 Å². The molecule has 0 saturated carbocycles. The number of hydrogen-bond donors (Lipinski definition) is 2. The predicted octanol–water partition coefficient (Wildman–Crippen LogP) is -0.131. The topological polar surface area (TPSA) is 41.5 Å². The second kappa shape index (κ2) is 3.71. The zero-order valence-corrected chi connectivity index (χ0v) is 5.92. The van der Waals surface area contributed by atoms with Crippen molar-refractivity contribution < 1.29 is 9.84 Å². The van der Waals surface area contributed by atoms with Crippen LogP contribution in [0.3, 0.4) is 0 Å². The normalized spacial score (nSPS) is 33.7. The molecule has 0 amide bonds. The van der Waals surface area contributed by atoms with Gasteiger partial charge >= 0.3 is 0 Å². The lowest BCUT2D eigenvalue weighted by atomic mass is 10.2. The Balaban J connectivity index is 2.19. The molecule has 0 aromatic rings. The van der Waals surface area contributed by atoms with Crippen LogP contribution in [0.25, 0.3) is 0 Å². The molecule has 58 valence electrons. The summed E-state index contributed by atoms with van der Waals surface area (Å²) in [5.74, 6) is 0. The third-order valence-electron chi connectivity index (χ3n) is 1.50. The highest BCUT2D eigenvalue weighted by Crippen LogP contribution is 2.03. The number of ether oxygens (including phenoxy) is 1. The molecule has 1 aliphatic rings. The van der Waals surface area contributed by atoms with E-state index in [0.29, 0.717) is 13.2 Å². The van der Waals surface area contributed by atoms with Gasteiger partial charge in [-0.25, -0.2) is 0 Å². The van der Waals surface area contributed by atoms with E-state index in [1.165, 1.54) is 0 Å². The van der Waals surface area contributed by atoms with Gasteiger partial charge in [0.2, 0.25) is 0 Å². The summed E-state index contributed by atoms with van der Waals surface area (Å²) in [7, 11) is 0. The molecule has 10 heavy (non-hydrogen) atoms. The fraction of sp³-hybridized carbons (Fsp3) is 0.714. The van der Waals surface area contributed by atoms with Crippen LogP contribution in [0.2, 0.25) is 0 Å². The lowest BCUT2D eigenvalue weighted by Crippen LogP contribution is -2.45. The summed E-state index contributed by atoms with van der Waals surface area (Å²) < 4.78 is 5.25. The Labute approximate surface area is 60.7 Å². The van der Waals surface area contributed by atoms with Crippen molar-refractivity contribution in [2.24, 2.45) is 0 Å². The summed E-state index contributed by atoms with van der Waals surface area (Å²) in [5, 5.41) is 11.8. The summed E-state index contributed by atoms with van der Waals surface area (Å²) in [6.45, 7) is 4.71. The van der Waals surface area contributed by atoms with Crippen molar-refractivity contribution in [3.8, 4) is 0 Å². The van der Waals surface area contributed by atoms with Crippen molar-refractivity contribution in [1.82, 2.24) is 5.32 Å². The minimum Gasteiger partial charge on any atom is -0.376 e. The van der Waals surface area contributed by atoms with Crippen molar-refractivity contribution in [3.63, 3.8) is 0 Å². The molecule has 2 atom stereocenters. The first-order chi connectivity index (χ1) is 4.83. The number of morpholine rings is 1. The van der Waals surface area contributed by atoms with Crippen LogP contribution in [0.15, 0.2) is 12.7 Å². The average molecular weight is 143 g/mol. The number of aliphatic hydroxyl groups is 1. The lowest BCUT2D eigenvalue weighted by molar-refractivity contribution is -0.0600. The fourth-order valence-corrected chi connectivity index (χ4v) is 0.950. The lowest BCUT2D eigenvalue weighted by Gasteiger charge is -2.26. The van der Waals surface area contributed by atoms with Crippen molar-refractivity contribution in [1.29, 1.82) is 0 Å². The molecule has 0 aliphatic carbocycles. The van der Waals surface area contributed by atoms with Crippen LogP contribution in [0.5, 0.6) is 0 Å². The summed E-state index contributed by atoms with van der Waals surface area (Å²) in [6.07, 6.45) is 2.38. The summed E-state index contributed by atoms with van der Waals surface area (Å²) in [6, 6.07) is 0. The van der Waals surface area contributed by atoms with Gasteiger partial charge in [0.25, 0.3) is 0 Å². The van der Waals surface area contributed by atoms with Gasteiger partial charge in [-0.15, -0.1) is 6.58 Å². The van der Waals surface area contributed by atoms with E-state index in [9.17, 15) is 0 Å². The zero-order chi connectivity index (χ0) is 7.40. The average Bonchev–Trinajstić information content (AvgIpc) is 1.95. The second-order valence-corrected chi connectivity index (χ2v) is 2.40. The number of aliphatic hydroxyl groups excluding tert-OH is 1. The predicted molar refractivity (Wildman–Crippen MR) is 38.6 cm³/mol. The Morgan fingerprint density at radius 1 is 1.80 bits per heavy atom. The fourth-order valence-electron chi connectivity index (χ4n) is 0.950. The first-order valence-corrected chi connectivity index (χ1v) is 3.47. The molecule has 0 radical (unpaired) electrons. The van der Waals surface area contributed by atoms with E-state index in [1.807, 2.05) is 6.08 Å². The minimum absolute atomic E-state index is 0.195. The smallest absolute Gasteiger partial charge is 0.128 e. The van der Waals surface area contributed by atoms with Crippen LogP contribution >= 0.6 is 0 Å². The molecule has 1 heterocycles. The minimum atomic E-state index is -0.485. The van der Waals surface area contributed by atoms with E-state index in [1.54, 1.807) is 0 Å². The molecule has 3 nitrogen and oxygen atoms in total. The van der Waals surface area contributed by atoms with Crippen molar-refractivity contribution in [2.75, 3.05) is 13.2 Å². The van der Waals surface area contributed by atoms with E-state index in [4.69, 9.17) is 9.84 Å². The summed E-state index contributed by atoms with van der Waals surface area (Å²) in [5.41, 5.74) is 0. The van der Waals surface area contributed by atoms with E-state index in [0.717, 1.165) is 6.42 Å². The van der Waals surface area contributed by atoms with Crippen LogP contribution in [-0.2, 0) is 4.74 Å². The number of hydrogen-bond acceptors (Lipinski definition) is 3. The highest BCUT2D eigenvalue weighted by molar-refractivity contribution is 4.78. The molecule has 0 aromatic carbocycles. The SMILES string of the molecule is C=CCC1CNC(O)CO1. The number of rotatable bonds is 2.